The molecule has 0 N–H and O–H groups in total. The molecule has 0 radical (unpaired) electrons. The molecule has 132 valence electrons. The third kappa shape index (κ3) is 4.43. The first-order valence-electron chi connectivity index (χ1n) is 7.05. The average Bonchev–Trinajstić information content (AvgIpc) is 2.59. The van der Waals surface area contributed by atoms with E-state index < -0.39 is 21.5 Å². The highest BCUT2D eigenvalue weighted by Gasteiger charge is 2.18. The molecule has 8 heteroatoms. The van der Waals surface area contributed by atoms with Gasteiger partial charge < -0.3 is 0 Å². The van der Waals surface area contributed by atoms with Gasteiger partial charge in [-0.1, -0.05) is 0 Å². The Morgan fingerprint density at radius 3 is 1.12 bits per heavy atom. The van der Waals surface area contributed by atoms with E-state index in [1.165, 1.54) is 37.3 Å². The van der Waals surface area contributed by atoms with Gasteiger partial charge in [0.25, 0.3) is 15.7 Å². The van der Waals surface area contributed by atoms with Gasteiger partial charge >= 0.3 is 0 Å². The van der Waals surface area contributed by atoms with Crippen molar-refractivity contribution in [1.29, 1.82) is 0 Å². The van der Waals surface area contributed by atoms with Crippen LogP contribution in [-0.2, 0) is 0 Å². The minimum absolute atomic E-state index is 0.0196. The number of ketones is 2. The second-order valence-corrected chi connectivity index (χ2v) is 6.33. The monoisotopic (exact) mass is 410 g/mol. The lowest BCUT2D eigenvalue weighted by atomic mass is 9.95. The minimum Gasteiger partial charge on any atom is -0.295 e. The van der Waals surface area contributed by atoms with Crippen LogP contribution in [0.3, 0.4) is 0 Å². The molecular weight excluding hydrogens is 403 g/mol. The average molecular weight is 412 g/mol. The molecule has 2 aromatic carbocycles. The summed E-state index contributed by atoms with van der Waals surface area (Å²) < 4.78 is 0. The summed E-state index contributed by atoms with van der Waals surface area (Å²) in [7, 11) is 0. The summed E-state index contributed by atoms with van der Waals surface area (Å²) in [4.78, 5) is 58.7. The van der Waals surface area contributed by atoms with Crippen LogP contribution in [0.25, 0.3) is 0 Å². The van der Waals surface area contributed by atoms with Gasteiger partial charge in [-0.3, -0.25) is 24.0 Å². The number of Topliss-reactive ketones (excluding diaryl/α,β-unsaturated/α-hetero) is 1. The molecular formula is C18H9Cl3O5. The first-order chi connectivity index (χ1) is 12.1. The maximum atomic E-state index is 12.8. The Balaban J connectivity index is 2.65. The van der Waals surface area contributed by atoms with Crippen LogP contribution < -0.4 is 0 Å². The summed E-state index contributed by atoms with van der Waals surface area (Å²) in [6, 6.07) is 7.28. The molecule has 0 bridgehead atoms. The molecule has 2 aromatic rings. The van der Waals surface area contributed by atoms with Crippen LogP contribution in [0.1, 0.15) is 64.3 Å². The van der Waals surface area contributed by atoms with E-state index in [1.54, 1.807) is 0 Å². The first-order valence-corrected chi connectivity index (χ1v) is 8.19. The highest BCUT2D eigenvalue weighted by atomic mass is 35.5. The van der Waals surface area contributed by atoms with E-state index in [-0.39, 0.29) is 39.2 Å². The van der Waals surface area contributed by atoms with Crippen LogP contribution in [0.2, 0.25) is 0 Å². The lowest BCUT2D eigenvalue weighted by molar-refractivity contribution is 0.101. The second kappa shape index (κ2) is 7.91. The lowest BCUT2D eigenvalue weighted by Gasteiger charge is -2.08. The summed E-state index contributed by atoms with van der Waals surface area (Å²) in [6.45, 7) is 1.27. The summed E-state index contributed by atoms with van der Waals surface area (Å²) >= 11 is 16.3. The third-order valence-corrected chi connectivity index (χ3v) is 4.13. The molecule has 0 aromatic heterocycles. The van der Waals surface area contributed by atoms with Crippen molar-refractivity contribution in [3.63, 3.8) is 0 Å². The molecule has 0 saturated carbocycles. The summed E-state index contributed by atoms with van der Waals surface area (Å²) in [5.74, 6) is -1.02. The van der Waals surface area contributed by atoms with Crippen LogP contribution in [0, 0.1) is 0 Å². The van der Waals surface area contributed by atoms with Gasteiger partial charge in [0.1, 0.15) is 0 Å². The molecule has 0 spiro atoms. The van der Waals surface area contributed by atoms with Gasteiger partial charge in [0.05, 0.1) is 0 Å². The fourth-order valence-corrected chi connectivity index (χ4v) is 2.56. The van der Waals surface area contributed by atoms with E-state index in [4.69, 9.17) is 34.8 Å². The molecule has 26 heavy (non-hydrogen) atoms. The van der Waals surface area contributed by atoms with E-state index in [0.717, 1.165) is 6.07 Å². The molecule has 0 fully saturated rings. The van der Waals surface area contributed by atoms with Gasteiger partial charge in [0, 0.05) is 33.4 Å². The van der Waals surface area contributed by atoms with Crippen LogP contribution in [0.4, 0.5) is 0 Å². The van der Waals surface area contributed by atoms with Crippen molar-refractivity contribution in [3.8, 4) is 0 Å². The van der Waals surface area contributed by atoms with Gasteiger partial charge in [-0.25, -0.2) is 0 Å². The van der Waals surface area contributed by atoms with Gasteiger partial charge in [-0.15, -0.1) is 0 Å². The van der Waals surface area contributed by atoms with E-state index in [2.05, 4.69) is 0 Å². The van der Waals surface area contributed by atoms with Crippen LogP contribution in [-0.4, -0.2) is 27.3 Å². The quantitative estimate of drug-likeness (QED) is 0.524. The number of hydrogen-bond donors (Lipinski definition) is 0. The van der Waals surface area contributed by atoms with E-state index in [0.29, 0.717) is 0 Å². The Kier molecular flexibility index (Phi) is 6.08. The highest BCUT2D eigenvalue weighted by Crippen LogP contribution is 2.20. The molecule has 0 aliphatic carbocycles. The SMILES string of the molecule is CC(=O)c1cc(C(=O)Cl)cc(C(=O)c2cc(C(=O)Cl)cc(C(=O)Cl)c2)c1. The zero-order valence-electron chi connectivity index (χ0n) is 13.1. The number of hydrogen-bond acceptors (Lipinski definition) is 5. The van der Waals surface area contributed by atoms with Gasteiger partial charge in [0.15, 0.2) is 11.6 Å². The maximum Gasteiger partial charge on any atom is 0.252 e. The second-order valence-electron chi connectivity index (χ2n) is 5.30. The minimum atomic E-state index is -0.882. The third-order valence-electron chi connectivity index (χ3n) is 3.48. The maximum absolute atomic E-state index is 12.8. The van der Waals surface area contributed by atoms with E-state index >= 15 is 0 Å². The smallest absolute Gasteiger partial charge is 0.252 e. The van der Waals surface area contributed by atoms with Crippen molar-refractivity contribution >= 4 is 62.1 Å². The zero-order valence-corrected chi connectivity index (χ0v) is 15.4. The van der Waals surface area contributed by atoms with Crippen LogP contribution in [0.5, 0.6) is 0 Å². The van der Waals surface area contributed by atoms with Crippen LogP contribution >= 0.6 is 34.8 Å². The summed E-state index contributed by atoms with van der Waals surface area (Å²) in [5, 5.41) is -2.61. The molecule has 0 aliphatic heterocycles. The normalized spacial score (nSPS) is 10.3. The standard InChI is InChI=1S/C18H9Cl3O5/c1-8(22)9-2-10(4-12(3-9)16(19)24)15(23)11-5-13(17(20)25)7-14(6-11)18(21)26/h2-7H,1H3. The largest absolute Gasteiger partial charge is 0.295 e. The first kappa shape index (κ1) is 20.0. The summed E-state index contributed by atoms with van der Waals surface area (Å²) in [6.07, 6.45) is 0. The Bertz CT molecular complexity index is 837. The van der Waals surface area contributed by atoms with E-state index in [1.807, 2.05) is 0 Å². The molecule has 0 aliphatic rings. The van der Waals surface area contributed by atoms with Crippen molar-refractivity contribution in [1.82, 2.24) is 0 Å². The van der Waals surface area contributed by atoms with Crippen molar-refractivity contribution in [3.05, 3.63) is 69.8 Å². The predicted octanol–water partition coefficient (Wildman–Crippen LogP) is 4.26. The lowest BCUT2D eigenvalue weighted by Crippen LogP contribution is -2.08. The molecule has 2 rings (SSSR count). The fraction of sp³-hybridized carbons (Fsp3) is 0.0556. The number of carbonyl (C=O) groups is 5. The van der Waals surface area contributed by atoms with Crippen LogP contribution in [0.15, 0.2) is 36.4 Å². The Morgan fingerprint density at radius 2 is 0.808 bits per heavy atom. The summed E-state index contributed by atoms with van der Waals surface area (Å²) in [5.41, 5.74) is -0.210. The van der Waals surface area contributed by atoms with Gasteiger partial charge in [0.2, 0.25) is 0 Å². The molecule has 0 unspecified atom stereocenters. The molecule has 5 nitrogen and oxygen atoms in total. The number of halogens is 3. The predicted molar refractivity (Wildman–Crippen MR) is 96.9 cm³/mol. The van der Waals surface area contributed by atoms with Gasteiger partial charge in [-0.2, -0.15) is 0 Å². The van der Waals surface area contributed by atoms with Crippen molar-refractivity contribution in [2.45, 2.75) is 6.92 Å². The van der Waals surface area contributed by atoms with Crippen molar-refractivity contribution < 1.29 is 24.0 Å². The molecule has 0 amide bonds. The van der Waals surface area contributed by atoms with Gasteiger partial charge in [-0.05, 0) is 78.1 Å². The number of benzene rings is 2. The molecule has 0 heterocycles. The Labute approximate surface area is 162 Å². The van der Waals surface area contributed by atoms with E-state index in [9.17, 15) is 24.0 Å². The van der Waals surface area contributed by atoms with Crippen molar-refractivity contribution in [2.75, 3.05) is 0 Å². The molecule has 0 saturated heterocycles. The topological polar surface area (TPSA) is 85.3 Å². The number of rotatable bonds is 6. The number of carbonyl (C=O) groups excluding carboxylic acids is 5. The Morgan fingerprint density at radius 1 is 0.538 bits per heavy atom. The Hall–Kier alpha value is -2.34. The fourth-order valence-electron chi connectivity index (χ4n) is 2.23. The zero-order chi connectivity index (χ0) is 19.6. The molecule has 0 atom stereocenters. The highest BCUT2D eigenvalue weighted by molar-refractivity contribution is 6.69. The van der Waals surface area contributed by atoms with Crippen molar-refractivity contribution in [2.24, 2.45) is 0 Å².